The van der Waals surface area contributed by atoms with Crippen LogP contribution in [0.2, 0.25) is 5.15 Å². The van der Waals surface area contributed by atoms with Crippen LogP contribution in [0.15, 0.2) is 44.4 Å². The van der Waals surface area contributed by atoms with Crippen LogP contribution < -0.4 is 17.0 Å². The standard InChI is InChI=1S/C21H20BrClN4O3/c1-10(2)17-18(19(28)13-4-11(3)5-14(22)8-13)27(21(30)26-20(17)29)9-12-6-15(23)25-16(24)7-12/h4-8,10H,9H2,1-3H3,(H2,24,25)(H,26,29,30). The molecule has 9 heteroatoms. The minimum absolute atomic E-state index is 0.00413. The maximum Gasteiger partial charge on any atom is 0.329 e. The number of carbonyl (C=O) groups is 1. The minimum Gasteiger partial charge on any atom is -0.384 e. The second-order valence-electron chi connectivity index (χ2n) is 7.33. The lowest BCUT2D eigenvalue weighted by Crippen LogP contribution is -2.38. The van der Waals surface area contributed by atoms with Gasteiger partial charge in [0.05, 0.1) is 6.54 Å². The number of nitrogens with one attached hydrogen (secondary N) is 1. The maximum absolute atomic E-state index is 13.5. The van der Waals surface area contributed by atoms with Crippen LogP contribution in [0.25, 0.3) is 0 Å². The third-order valence-corrected chi connectivity index (χ3v) is 5.20. The van der Waals surface area contributed by atoms with Gasteiger partial charge in [0.2, 0.25) is 5.78 Å². The molecule has 30 heavy (non-hydrogen) atoms. The highest BCUT2D eigenvalue weighted by Crippen LogP contribution is 2.23. The maximum atomic E-state index is 13.5. The first kappa shape index (κ1) is 22.0. The molecule has 3 rings (SSSR count). The Morgan fingerprint density at radius 3 is 2.53 bits per heavy atom. The molecule has 0 atom stereocenters. The van der Waals surface area contributed by atoms with Crippen molar-refractivity contribution in [1.82, 2.24) is 14.5 Å². The Morgan fingerprint density at radius 2 is 1.93 bits per heavy atom. The number of aromatic nitrogens is 3. The van der Waals surface area contributed by atoms with Gasteiger partial charge in [-0.05, 0) is 54.3 Å². The largest absolute Gasteiger partial charge is 0.384 e. The zero-order valence-corrected chi connectivity index (χ0v) is 19.0. The number of nitrogens with zero attached hydrogens (tertiary/aromatic N) is 2. The van der Waals surface area contributed by atoms with Gasteiger partial charge in [0, 0.05) is 15.6 Å². The molecule has 0 saturated heterocycles. The number of hydrogen-bond donors (Lipinski definition) is 2. The Morgan fingerprint density at radius 1 is 1.23 bits per heavy atom. The lowest BCUT2D eigenvalue weighted by molar-refractivity contribution is 0.102. The van der Waals surface area contributed by atoms with Crippen molar-refractivity contribution in [1.29, 1.82) is 0 Å². The molecule has 0 aliphatic carbocycles. The summed E-state index contributed by atoms with van der Waals surface area (Å²) in [5.74, 6) is -0.520. The summed E-state index contributed by atoms with van der Waals surface area (Å²) in [6.07, 6.45) is 0. The summed E-state index contributed by atoms with van der Waals surface area (Å²) in [7, 11) is 0. The molecule has 2 heterocycles. The molecular formula is C21H20BrClN4O3. The first-order valence-corrected chi connectivity index (χ1v) is 10.3. The lowest BCUT2D eigenvalue weighted by atomic mass is 9.96. The Bertz CT molecular complexity index is 1220. The van der Waals surface area contributed by atoms with Crippen molar-refractivity contribution in [3.8, 4) is 0 Å². The van der Waals surface area contributed by atoms with Gasteiger partial charge in [-0.2, -0.15) is 0 Å². The highest BCUT2D eigenvalue weighted by Gasteiger charge is 2.25. The summed E-state index contributed by atoms with van der Waals surface area (Å²) in [6, 6.07) is 8.37. The van der Waals surface area contributed by atoms with Crippen molar-refractivity contribution in [3.63, 3.8) is 0 Å². The molecular weight excluding hydrogens is 472 g/mol. The second-order valence-corrected chi connectivity index (χ2v) is 8.63. The summed E-state index contributed by atoms with van der Waals surface area (Å²) >= 11 is 9.38. The number of nitrogens with two attached hydrogens (primary N) is 1. The van der Waals surface area contributed by atoms with Gasteiger partial charge in [-0.3, -0.25) is 19.1 Å². The second kappa shape index (κ2) is 8.57. The number of halogens is 2. The Labute approximate surface area is 186 Å². The number of aryl methyl sites for hydroxylation is 1. The predicted molar refractivity (Wildman–Crippen MR) is 120 cm³/mol. The van der Waals surface area contributed by atoms with Crippen molar-refractivity contribution in [2.75, 3.05) is 5.73 Å². The molecule has 0 aliphatic rings. The molecule has 0 amide bonds. The van der Waals surface area contributed by atoms with Gasteiger partial charge >= 0.3 is 5.69 Å². The van der Waals surface area contributed by atoms with Gasteiger partial charge in [0.1, 0.15) is 16.7 Å². The number of pyridine rings is 1. The number of anilines is 1. The summed E-state index contributed by atoms with van der Waals surface area (Å²) in [5, 5.41) is 0.169. The topological polar surface area (TPSA) is 111 Å². The molecule has 7 nitrogen and oxygen atoms in total. The van der Waals surface area contributed by atoms with Crippen molar-refractivity contribution < 1.29 is 4.79 Å². The fourth-order valence-corrected chi connectivity index (χ4v) is 4.21. The average molecular weight is 492 g/mol. The zero-order chi connectivity index (χ0) is 22.2. The average Bonchev–Trinajstić information content (AvgIpc) is 2.61. The van der Waals surface area contributed by atoms with Crippen LogP contribution in [-0.4, -0.2) is 20.3 Å². The van der Waals surface area contributed by atoms with Crippen molar-refractivity contribution in [2.45, 2.75) is 33.2 Å². The number of benzene rings is 1. The summed E-state index contributed by atoms with van der Waals surface area (Å²) in [4.78, 5) is 45.1. The number of aromatic amines is 1. The summed E-state index contributed by atoms with van der Waals surface area (Å²) in [5.41, 5.74) is 6.60. The van der Waals surface area contributed by atoms with Gasteiger partial charge in [0.15, 0.2) is 0 Å². The molecule has 0 spiro atoms. The van der Waals surface area contributed by atoms with Crippen LogP contribution >= 0.6 is 27.5 Å². The van der Waals surface area contributed by atoms with E-state index in [1.807, 2.05) is 13.0 Å². The van der Waals surface area contributed by atoms with E-state index in [2.05, 4.69) is 25.9 Å². The zero-order valence-electron chi connectivity index (χ0n) is 16.6. The lowest BCUT2D eigenvalue weighted by Gasteiger charge is -2.18. The third kappa shape index (κ3) is 4.55. The first-order chi connectivity index (χ1) is 14.1. The van der Waals surface area contributed by atoms with Crippen molar-refractivity contribution >= 4 is 39.1 Å². The number of rotatable bonds is 5. The van der Waals surface area contributed by atoms with Gasteiger partial charge in [-0.1, -0.05) is 41.4 Å². The predicted octanol–water partition coefficient (Wildman–Crippen LogP) is 3.64. The van der Waals surface area contributed by atoms with E-state index >= 15 is 0 Å². The van der Waals surface area contributed by atoms with E-state index in [0.717, 1.165) is 10.0 Å². The van der Waals surface area contributed by atoms with Crippen LogP contribution in [-0.2, 0) is 6.54 Å². The first-order valence-electron chi connectivity index (χ1n) is 9.17. The van der Waals surface area contributed by atoms with Crippen LogP contribution in [0, 0.1) is 6.92 Å². The molecule has 3 N–H and O–H groups in total. The molecule has 0 unspecified atom stereocenters. The van der Waals surface area contributed by atoms with E-state index in [1.165, 1.54) is 4.57 Å². The monoisotopic (exact) mass is 490 g/mol. The van der Waals surface area contributed by atoms with E-state index in [9.17, 15) is 14.4 Å². The van der Waals surface area contributed by atoms with Gasteiger partial charge in [-0.15, -0.1) is 0 Å². The quantitative estimate of drug-likeness (QED) is 0.418. The fraction of sp³-hybridized carbons (Fsp3) is 0.238. The number of carbonyl (C=O) groups excluding carboxylic acids is 1. The Balaban J connectivity index is 2.29. The normalized spacial score (nSPS) is 11.1. The van der Waals surface area contributed by atoms with Crippen molar-refractivity contribution in [3.05, 3.63) is 88.7 Å². The van der Waals surface area contributed by atoms with Crippen molar-refractivity contribution in [2.24, 2.45) is 0 Å². The molecule has 0 radical (unpaired) electrons. The molecule has 1 aromatic carbocycles. The number of H-pyrrole nitrogens is 1. The fourth-order valence-electron chi connectivity index (χ4n) is 3.37. The molecule has 0 saturated carbocycles. The van der Waals surface area contributed by atoms with E-state index in [4.69, 9.17) is 17.3 Å². The minimum atomic E-state index is -0.689. The molecule has 2 aromatic heterocycles. The van der Waals surface area contributed by atoms with Crippen LogP contribution in [0.4, 0.5) is 5.82 Å². The van der Waals surface area contributed by atoms with E-state index in [0.29, 0.717) is 11.1 Å². The van der Waals surface area contributed by atoms with Gasteiger partial charge in [-0.25, -0.2) is 9.78 Å². The van der Waals surface area contributed by atoms with Gasteiger partial charge in [0.25, 0.3) is 5.56 Å². The van der Waals surface area contributed by atoms with Crippen LogP contribution in [0.1, 0.15) is 52.5 Å². The highest BCUT2D eigenvalue weighted by atomic mass is 79.9. The van der Waals surface area contributed by atoms with Gasteiger partial charge < -0.3 is 5.73 Å². The van der Waals surface area contributed by atoms with E-state index in [-0.39, 0.29) is 34.7 Å². The third-order valence-electron chi connectivity index (χ3n) is 4.55. The van der Waals surface area contributed by atoms with Crippen LogP contribution in [0.5, 0.6) is 0 Å². The molecule has 156 valence electrons. The Hall–Kier alpha value is -2.71. The molecule has 3 aromatic rings. The molecule has 0 bridgehead atoms. The number of nitrogen functional groups attached to an aromatic ring is 1. The molecule has 0 aliphatic heterocycles. The highest BCUT2D eigenvalue weighted by molar-refractivity contribution is 9.10. The summed E-state index contributed by atoms with van der Waals surface area (Å²) < 4.78 is 1.98. The van der Waals surface area contributed by atoms with E-state index < -0.39 is 17.0 Å². The smallest absolute Gasteiger partial charge is 0.329 e. The SMILES string of the molecule is Cc1cc(Br)cc(C(=O)c2c(C(C)C)c(=O)[nH]c(=O)n2Cc2cc(N)nc(Cl)c2)c1. The Kier molecular flexibility index (Phi) is 6.28. The number of ketones is 1. The summed E-state index contributed by atoms with van der Waals surface area (Å²) in [6.45, 7) is 5.45. The number of hydrogen-bond acceptors (Lipinski definition) is 5. The molecule has 0 fully saturated rings. The van der Waals surface area contributed by atoms with E-state index in [1.54, 1.807) is 38.1 Å². The van der Waals surface area contributed by atoms with Crippen LogP contribution in [0.3, 0.4) is 0 Å².